The number of methoxy groups -OCH3 is 2. The van der Waals surface area contributed by atoms with Crippen molar-refractivity contribution in [3.8, 4) is 11.5 Å². The van der Waals surface area contributed by atoms with Crippen LogP contribution in [0, 0.1) is 0 Å². The molecule has 2 atom stereocenters. The van der Waals surface area contributed by atoms with Gasteiger partial charge in [-0.15, -0.1) is 11.8 Å². The molecule has 2 aromatic carbocycles. The van der Waals surface area contributed by atoms with Gasteiger partial charge in [0.15, 0.2) is 0 Å². The molecule has 2 heterocycles. The SMILES string of the molecule is COc1ccc([C@H]2CCCN2C(=O)c2ccc3c(c2)NC(=O)[C@H](C)S3)c(OC)c1. The Morgan fingerprint density at radius 2 is 2.00 bits per heavy atom. The Labute approximate surface area is 174 Å². The van der Waals surface area contributed by atoms with Crippen LogP contribution in [0.3, 0.4) is 0 Å². The number of carbonyl (C=O) groups excluding carboxylic acids is 2. The third kappa shape index (κ3) is 3.67. The van der Waals surface area contributed by atoms with E-state index in [2.05, 4.69) is 5.32 Å². The van der Waals surface area contributed by atoms with Crippen LogP contribution in [0.5, 0.6) is 11.5 Å². The highest BCUT2D eigenvalue weighted by Gasteiger charge is 2.33. The summed E-state index contributed by atoms with van der Waals surface area (Å²) in [6.45, 7) is 2.56. The molecular formula is C22H24N2O4S. The summed E-state index contributed by atoms with van der Waals surface area (Å²) in [6.07, 6.45) is 1.81. The lowest BCUT2D eigenvalue weighted by atomic mass is 10.0. The van der Waals surface area contributed by atoms with Crippen LogP contribution in [0.2, 0.25) is 0 Å². The summed E-state index contributed by atoms with van der Waals surface area (Å²) >= 11 is 1.51. The van der Waals surface area contributed by atoms with E-state index in [1.165, 1.54) is 11.8 Å². The number of hydrogen-bond donors (Lipinski definition) is 1. The first-order chi connectivity index (χ1) is 14.0. The van der Waals surface area contributed by atoms with Crippen LogP contribution in [0.25, 0.3) is 0 Å². The average Bonchev–Trinajstić information content (AvgIpc) is 3.22. The molecule has 0 spiro atoms. The maximum absolute atomic E-state index is 13.3. The first-order valence-corrected chi connectivity index (χ1v) is 10.5. The Hall–Kier alpha value is -2.67. The van der Waals surface area contributed by atoms with Crippen LogP contribution in [-0.4, -0.2) is 42.7 Å². The van der Waals surface area contributed by atoms with Gasteiger partial charge in [0.1, 0.15) is 11.5 Å². The molecule has 0 unspecified atom stereocenters. The number of nitrogens with zero attached hydrogens (tertiary/aromatic N) is 1. The van der Waals surface area contributed by atoms with Crippen molar-refractivity contribution < 1.29 is 19.1 Å². The Morgan fingerprint density at radius 3 is 2.76 bits per heavy atom. The van der Waals surface area contributed by atoms with Crippen molar-refractivity contribution in [1.82, 2.24) is 4.90 Å². The van der Waals surface area contributed by atoms with Gasteiger partial charge in [0, 0.05) is 28.6 Å². The number of amides is 2. The number of benzene rings is 2. The van der Waals surface area contributed by atoms with Crippen LogP contribution < -0.4 is 14.8 Å². The standard InChI is InChI=1S/C22H24N2O4S/c1-13-21(25)23-17-11-14(6-9-20(17)29-13)22(26)24-10-4-5-18(24)16-8-7-15(27-2)12-19(16)28-3/h6-9,11-13,18H,4-5,10H2,1-3H3,(H,23,25)/t13-,18+/m0/s1. The highest BCUT2D eigenvalue weighted by atomic mass is 32.2. The second-order valence-electron chi connectivity index (χ2n) is 7.22. The van der Waals surface area contributed by atoms with Gasteiger partial charge in [0.25, 0.3) is 5.91 Å². The van der Waals surface area contributed by atoms with E-state index in [4.69, 9.17) is 9.47 Å². The highest BCUT2D eigenvalue weighted by molar-refractivity contribution is 8.00. The van der Waals surface area contributed by atoms with Crippen LogP contribution in [0.4, 0.5) is 5.69 Å². The van der Waals surface area contributed by atoms with Gasteiger partial charge in [0.2, 0.25) is 5.91 Å². The van der Waals surface area contributed by atoms with Gasteiger partial charge in [0.05, 0.1) is 31.2 Å². The predicted octanol–water partition coefficient (Wildman–Crippen LogP) is 4.11. The monoisotopic (exact) mass is 412 g/mol. The average molecular weight is 413 g/mol. The third-order valence-electron chi connectivity index (χ3n) is 5.47. The summed E-state index contributed by atoms with van der Waals surface area (Å²) in [6, 6.07) is 11.2. The first kappa shape index (κ1) is 19.6. The Bertz CT molecular complexity index is 962. The van der Waals surface area contributed by atoms with E-state index in [1.807, 2.05) is 42.2 Å². The predicted molar refractivity (Wildman–Crippen MR) is 113 cm³/mol. The zero-order chi connectivity index (χ0) is 20.5. The number of hydrogen-bond acceptors (Lipinski definition) is 5. The lowest BCUT2D eigenvalue weighted by Crippen LogP contribution is -2.31. The van der Waals surface area contributed by atoms with Crippen LogP contribution >= 0.6 is 11.8 Å². The molecule has 2 amide bonds. The van der Waals surface area contributed by atoms with Crippen LogP contribution in [0.1, 0.15) is 41.7 Å². The summed E-state index contributed by atoms with van der Waals surface area (Å²) in [5.41, 5.74) is 2.27. The molecule has 152 valence electrons. The van der Waals surface area contributed by atoms with E-state index in [0.717, 1.165) is 34.8 Å². The van der Waals surface area contributed by atoms with Gasteiger partial charge in [-0.3, -0.25) is 9.59 Å². The molecule has 0 saturated carbocycles. The van der Waals surface area contributed by atoms with Gasteiger partial charge in [-0.05, 0) is 50.1 Å². The van der Waals surface area contributed by atoms with Gasteiger partial charge >= 0.3 is 0 Å². The largest absolute Gasteiger partial charge is 0.497 e. The maximum atomic E-state index is 13.3. The molecule has 0 radical (unpaired) electrons. The molecular weight excluding hydrogens is 388 g/mol. The molecule has 2 aromatic rings. The Balaban J connectivity index is 1.62. The lowest BCUT2D eigenvalue weighted by molar-refractivity contribution is -0.115. The molecule has 6 nitrogen and oxygen atoms in total. The summed E-state index contributed by atoms with van der Waals surface area (Å²) in [7, 11) is 3.25. The highest BCUT2D eigenvalue weighted by Crippen LogP contribution is 2.40. The molecule has 0 aliphatic carbocycles. The second kappa shape index (κ2) is 7.99. The number of carbonyl (C=O) groups is 2. The second-order valence-corrected chi connectivity index (χ2v) is 8.61. The number of rotatable bonds is 4. The van der Waals surface area contributed by atoms with E-state index in [-0.39, 0.29) is 23.1 Å². The van der Waals surface area contributed by atoms with Crippen molar-refractivity contribution in [2.45, 2.75) is 36.0 Å². The zero-order valence-corrected chi connectivity index (χ0v) is 17.5. The van der Waals surface area contributed by atoms with E-state index < -0.39 is 0 Å². The van der Waals surface area contributed by atoms with Crippen LogP contribution in [-0.2, 0) is 4.79 Å². The molecule has 2 aliphatic rings. The van der Waals surface area contributed by atoms with Crippen molar-refractivity contribution in [2.24, 2.45) is 0 Å². The van der Waals surface area contributed by atoms with Crippen LogP contribution in [0.15, 0.2) is 41.3 Å². The number of nitrogens with one attached hydrogen (secondary N) is 1. The zero-order valence-electron chi connectivity index (χ0n) is 16.7. The third-order valence-corrected chi connectivity index (χ3v) is 6.65. The molecule has 1 N–H and O–H groups in total. The van der Waals surface area contributed by atoms with E-state index >= 15 is 0 Å². The van der Waals surface area contributed by atoms with Gasteiger partial charge in [-0.2, -0.15) is 0 Å². The molecule has 4 rings (SSSR count). The summed E-state index contributed by atoms with van der Waals surface area (Å²) in [4.78, 5) is 28.2. The van der Waals surface area contributed by atoms with E-state index in [1.54, 1.807) is 20.3 Å². The van der Waals surface area contributed by atoms with Gasteiger partial charge in [-0.1, -0.05) is 0 Å². The first-order valence-electron chi connectivity index (χ1n) is 9.66. The number of anilines is 1. The number of thioether (sulfide) groups is 1. The molecule has 29 heavy (non-hydrogen) atoms. The maximum Gasteiger partial charge on any atom is 0.254 e. The van der Waals surface area contributed by atoms with Crippen molar-refractivity contribution in [3.05, 3.63) is 47.5 Å². The van der Waals surface area contributed by atoms with E-state index in [9.17, 15) is 9.59 Å². The molecule has 1 fully saturated rings. The quantitative estimate of drug-likeness (QED) is 0.818. The van der Waals surface area contributed by atoms with Gasteiger partial charge < -0.3 is 19.7 Å². The molecule has 1 saturated heterocycles. The fourth-order valence-electron chi connectivity index (χ4n) is 3.93. The smallest absolute Gasteiger partial charge is 0.254 e. The fraction of sp³-hybridized carbons (Fsp3) is 0.364. The number of likely N-dealkylation sites (tertiary alicyclic amines) is 1. The molecule has 0 bridgehead atoms. The van der Waals surface area contributed by atoms with Crippen molar-refractivity contribution in [2.75, 3.05) is 26.1 Å². The normalized spacial score (nSPS) is 20.8. The molecule has 2 aliphatic heterocycles. The van der Waals surface area contributed by atoms with Crippen molar-refractivity contribution >= 4 is 29.3 Å². The summed E-state index contributed by atoms with van der Waals surface area (Å²) in [5, 5.41) is 2.77. The minimum Gasteiger partial charge on any atom is -0.497 e. The molecule has 7 heteroatoms. The Kier molecular flexibility index (Phi) is 5.41. The van der Waals surface area contributed by atoms with E-state index in [0.29, 0.717) is 17.8 Å². The minimum absolute atomic E-state index is 0.0332. The van der Waals surface area contributed by atoms with Crippen molar-refractivity contribution in [1.29, 1.82) is 0 Å². The Morgan fingerprint density at radius 1 is 1.17 bits per heavy atom. The minimum atomic E-state index is -0.130. The lowest BCUT2D eigenvalue weighted by Gasteiger charge is -2.27. The van der Waals surface area contributed by atoms with Crippen molar-refractivity contribution in [3.63, 3.8) is 0 Å². The molecule has 0 aromatic heterocycles. The number of ether oxygens (including phenoxy) is 2. The topological polar surface area (TPSA) is 67.9 Å². The fourth-order valence-corrected chi connectivity index (χ4v) is 4.86. The summed E-state index contributed by atoms with van der Waals surface area (Å²) in [5.74, 6) is 1.37. The number of fused-ring (bicyclic) bond motifs is 1. The summed E-state index contributed by atoms with van der Waals surface area (Å²) < 4.78 is 10.9. The van der Waals surface area contributed by atoms with Gasteiger partial charge in [-0.25, -0.2) is 0 Å².